The first-order chi connectivity index (χ1) is 9.17. The van der Waals surface area contributed by atoms with Crippen LogP contribution in [-0.4, -0.2) is 26.2 Å². The van der Waals surface area contributed by atoms with Gasteiger partial charge in [-0.2, -0.15) is 0 Å². The molecular formula is C12H15N5O2. The van der Waals surface area contributed by atoms with Gasteiger partial charge in [-0.3, -0.25) is 14.7 Å². The summed E-state index contributed by atoms with van der Waals surface area (Å²) in [5.74, 6) is 1.41. The van der Waals surface area contributed by atoms with Crippen molar-refractivity contribution in [2.45, 2.75) is 20.4 Å². The van der Waals surface area contributed by atoms with E-state index in [4.69, 9.17) is 0 Å². The van der Waals surface area contributed by atoms with E-state index in [-0.39, 0.29) is 5.69 Å². The molecule has 0 aliphatic carbocycles. The third-order valence-corrected chi connectivity index (χ3v) is 2.74. The summed E-state index contributed by atoms with van der Waals surface area (Å²) < 4.78 is 1.94. The standard InChI is InChI=1S/C12H15N5O2/c1-3-13-12-15-14-11(16(12)4-2)9-5-7-10(8-6-9)17(18)19/h5-8H,3-4H2,1-2H3,(H,13,15). The molecule has 0 saturated heterocycles. The van der Waals surface area contributed by atoms with Gasteiger partial charge in [0.05, 0.1) is 4.92 Å². The van der Waals surface area contributed by atoms with Gasteiger partial charge in [0, 0.05) is 30.8 Å². The SMILES string of the molecule is CCNc1nnc(-c2ccc([N+](=O)[O-])cc2)n1CC. The molecule has 0 aliphatic rings. The maximum Gasteiger partial charge on any atom is 0.269 e. The van der Waals surface area contributed by atoms with Gasteiger partial charge < -0.3 is 5.32 Å². The average molecular weight is 261 g/mol. The quantitative estimate of drug-likeness (QED) is 0.659. The number of benzene rings is 1. The van der Waals surface area contributed by atoms with Crippen LogP contribution in [0.3, 0.4) is 0 Å². The van der Waals surface area contributed by atoms with Crippen molar-refractivity contribution in [1.29, 1.82) is 0 Å². The predicted octanol–water partition coefficient (Wildman–Crippen LogP) is 2.30. The maximum atomic E-state index is 10.6. The lowest BCUT2D eigenvalue weighted by Crippen LogP contribution is -2.06. The highest BCUT2D eigenvalue weighted by Crippen LogP contribution is 2.23. The van der Waals surface area contributed by atoms with E-state index in [0.29, 0.717) is 11.8 Å². The smallest absolute Gasteiger partial charge is 0.269 e. The molecule has 2 rings (SSSR count). The maximum absolute atomic E-state index is 10.6. The fourth-order valence-corrected chi connectivity index (χ4v) is 1.84. The molecule has 7 heteroatoms. The Morgan fingerprint density at radius 1 is 1.26 bits per heavy atom. The topological polar surface area (TPSA) is 85.9 Å². The summed E-state index contributed by atoms with van der Waals surface area (Å²) in [6, 6.07) is 6.31. The van der Waals surface area contributed by atoms with Gasteiger partial charge in [-0.1, -0.05) is 0 Å². The molecule has 0 bridgehead atoms. The van der Waals surface area contributed by atoms with Crippen molar-refractivity contribution >= 4 is 11.6 Å². The number of non-ortho nitro benzene ring substituents is 1. The van der Waals surface area contributed by atoms with Gasteiger partial charge >= 0.3 is 0 Å². The van der Waals surface area contributed by atoms with Crippen LogP contribution < -0.4 is 5.32 Å². The predicted molar refractivity (Wildman–Crippen MR) is 72.0 cm³/mol. The second-order valence-electron chi connectivity index (χ2n) is 3.93. The number of rotatable bonds is 5. The Hall–Kier alpha value is -2.44. The summed E-state index contributed by atoms with van der Waals surface area (Å²) >= 11 is 0. The van der Waals surface area contributed by atoms with E-state index >= 15 is 0 Å². The third kappa shape index (κ3) is 2.54. The van der Waals surface area contributed by atoms with Gasteiger partial charge in [-0.25, -0.2) is 0 Å². The number of hydrogen-bond acceptors (Lipinski definition) is 5. The second kappa shape index (κ2) is 5.47. The first-order valence-corrected chi connectivity index (χ1v) is 6.09. The summed E-state index contributed by atoms with van der Waals surface area (Å²) in [4.78, 5) is 10.2. The molecule has 19 heavy (non-hydrogen) atoms. The summed E-state index contributed by atoms with van der Waals surface area (Å²) in [7, 11) is 0. The van der Waals surface area contributed by atoms with Crippen molar-refractivity contribution in [3.8, 4) is 11.4 Å². The second-order valence-corrected chi connectivity index (χ2v) is 3.93. The van der Waals surface area contributed by atoms with Crippen LogP contribution in [0.1, 0.15) is 13.8 Å². The Bertz CT molecular complexity index is 576. The Balaban J connectivity index is 2.38. The van der Waals surface area contributed by atoms with Gasteiger partial charge in [0.25, 0.3) is 5.69 Å². The van der Waals surface area contributed by atoms with Gasteiger partial charge in [-0.15, -0.1) is 10.2 Å². The fourth-order valence-electron chi connectivity index (χ4n) is 1.84. The molecule has 0 fully saturated rings. The van der Waals surface area contributed by atoms with E-state index in [1.54, 1.807) is 12.1 Å². The van der Waals surface area contributed by atoms with Crippen LogP contribution in [0.5, 0.6) is 0 Å². The molecule has 0 atom stereocenters. The van der Waals surface area contributed by atoms with E-state index in [1.165, 1.54) is 12.1 Å². The van der Waals surface area contributed by atoms with Gasteiger partial charge in [0.15, 0.2) is 5.82 Å². The summed E-state index contributed by atoms with van der Waals surface area (Å²) in [6.07, 6.45) is 0. The minimum atomic E-state index is -0.418. The number of nitrogens with zero attached hydrogens (tertiary/aromatic N) is 4. The molecule has 0 saturated carbocycles. The van der Waals surface area contributed by atoms with Crippen LogP contribution >= 0.6 is 0 Å². The van der Waals surface area contributed by atoms with Crippen molar-refractivity contribution in [3.63, 3.8) is 0 Å². The van der Waals surface area contributed by atoms with E-state index in [0.717, 1.165) is 18.7 Å². The molecule has 7 nitrogen and oxygen atoms in total. The lowest BCUT2D eigenvalue weighted by Gasteiger charge is -2.07. The molecule has 0 amide bonds. The van der Waals surface area contributed by atoms with Crippen molar-refractivity contribution < 1.29 is 4.92 Å². The Morgan fingerprint density at radius 2 is 1.95 bits per heavy atom. The van der Waals surface area contributed by atoms with Crippen LogP contribution in [0.25, 0.3) is 11.4 Å². The number of hydrogen-bond donors (Lipinski definition) is 1. The highest BCUT2D eigenvalue weighted by atomic mass is 16.6. The highest BCUT2D eigenvalue weighted by Gasteiger charge is 2.13. The molecule has 1 aromatic carbocycles. The number of aromatic nitrogens is 3. The van der Waals surface area contributed by atoms with E-state index in [9.17, 15) is 10.1 Å². The molecule has 0 radical (unpaired) electrons. The Labute approximate surface area is 110 Å². The van der Waals surface area contributed by atoms with E-state index < -0.39 is 4.92 Å². The number of anilines is 1. The minimum absolute atomic E-state index is 0.0678. The molecule has 0 spiro atoms. The minimum Gasteiger partial charge on any atom is -0.355 e. The number of nitro benzene ring substituents is 1. The first kappa shape index (κ1) is 13.0. The number of nitro groups is 1. The van der Waals surface area contributed by atoms with Crippen LogP contribution in [0.4, 0.5) is 11.6 Å². The third-order valence-electron chi connectivity index (χ3n) is 2.74. The zero-order chi connectivity index (χ0) is 13.8. The monoisotopic (exact) mass is 261 g/mol. The highest BCUT2D eigenvalue weighted by molar-refractivity contribution is 5.59. The lowest BCUT2D eigenvalue weighted by molar-refractivity contribution is -0.384. The molecule has 1 N–H and O–H groups in total. The zero-order valence-corrected chi connectivity index (χ0v) is 10.8. The summed E-state index contributed by atoms with van der Waals surface area (Å²) in [5.41, 5.74) is 0.877. The van der Waals surface area contributed by atoms with Crippen LogP contribution in [-0.2, 0) is 6.54 Å². The molecule has 0 unspecified atom stereocenters. The summed E-state index contributed by atoms with van der Waals surface area (Å²) in [6.45, 7) is 5.47. The molecule has 2 aromatic rings. The normalized spacial score (nSPS) is 10.4. The molecule has 100 valence electrons. The Morgan fingerprint density at radius 3 is 2.47 bits per heavy atom. The van der Waals surface area contributed by atoms with Crippen molar-refractivity contribution in [2.75, 3.05) is 11.9 Å². The van der Waals surface area contributed by atoms with Gasteiger partial charge in [-0.05, 0) is 26.0 Å². The lowest BCUT2D eigenvalue weighted by atomic mass is 10.2. The van der Waals surface area contributed by atoms with E-state index in [2.05, 4.69) is 15.5 Å². The van der Waals surface area contributed by atoms with Gasteiger partial charge in [0.2, 0.25) is 5.95 Å². The van der Waals surface area contributed by atoms with Crippen molar-refractivity contribution in [2.24, 2.45) is 0 Å². The first-order valence-electron chi connectivity index (χ1n) is 6.09. The van der Waals surface area contributed by atoms with Gasteiger partial charge in [0.1, 0.15) is 0 Å². The number of nitrogens with one attached hydrogen (secondary N) is 1. The zero-order valence-electron chi connectivity index (χ0n) is 10.8. The fraction of sp³-hybridized carbons (Fsp3) is 0.333. The molecule has 0 aliphatic heterocycles. The largest absolute Gasteiger partial charge is 0.355 e. The molecular weight excluding hydrogens is 246 g/mol. The average Bonchev–Trinajstić information content (AvgIpc) is 2.82. The van der Waals surface area contributed by atoms with Crippen LogP contribution in [0.15, 0.2) is 24.3 Å². The summed E-state index contributed by atoms with van der Waals surface area (Å²) in [5, 5.41) is 22.0. The van der Waals surface area contributed by atoms with Crippen molar-refractivity contribution in [3.05, 3.63) is 34.4 Å². The molecule has 1 aromatic heterocycles. The Kier molecular flexibility index (Phi) is 3.74. The van der Waals surface area contributed by atoms with E-state index in [1.807, 2.05) is 18.4 Å². The van der Waals surface area contributed by atoms with Crippen molar-refractivity contribution in [1.82, 2.24) is 14.8 Å². The molecule has 1 heterocycles. The van der Waals surface area contributed by atoms with Crippen LogP contribution in [0.2, 0.25) is 0 Å². The van der Waals surface area contributed by atoms with Crippen LogP contribution in [0, 0.1) is 10.1 Å².